The number of nitrogens with zero attached hydrogens (tertiary/aromatic N) is 1. The Bertz CT molecular complexity index is 348. The molecule has 0 radical (unpaired) electrons. The van der Waals surface area contributed by atoms with Crippen molar-refractivity contribution in [2.24, 2.45) is 11.8 Å². The van der Waals surface area contributed by atoms with Gasteiger partial charge in [0.15, 0.2) is 0 Å². The maximum Gasteiger partial charge on any atom is 0.317 e. The van der Waals surface area contributed by atoms with Gasteiger partial charge in [-0.15, -0.1) is 0 Å². The van der Waals surface area contributed by atoms with Crippen molar-refractivity contribution in [3.05, 3.63) is 0 Å². The molecule has 0 aromatic carbocycles. The van der Waals surface area contributed by atoms with Gasteiger partial charge in [-0.2, -0.15) is 0 Å². The Balaban J connectivity index is 1.83. The largest absolute Gasteiger partial charge is 0.481 e. The molecule has 0 aromatic rings. The molecule has 0 aromatic heterocycles. The van der Waals surface area contributed by atoms with Crippen LogP contribution in [0.25, 0.3) is 0 Å². The van der Waals surface area contributed by atoms with Crippen LogP contribution in [0.4, 0.5) is 4.79 Å². The number of nitrogens with one attached hydrogen (secondary N) is 1. The van der Waals surface area contributed by atoms with Crippen LogP contribution in [0.2, 0.25) is 0 Å². The fourth-order valence-corrected chi connectivity index (χ4v) is 3.11. The normalized spacial score (nSPS) is 30.6. The lowest BCUT2D eigenvalue weighted by molar-refractivity contribution is -0.142. The van der Waals surface area contributed by atoms with Crippen LogP contribution in [-0.2, 0) is 4.79 Å². The highest BCUT2D eigenvalue weighted by molar-refractivity contribution is 5.77. The number of rotatable bonds is 4. The molecule has 1 saturated carbocycles. The molecule has 2 aliphatic rings. The van der Waals surface area contributed by atoms with E-state index in [1.54, 1.807) is 4.90 Å². The number of carboxylic acids is 1. The van der Waals surface area contributed by atoms with Gasteiger partial charge in [-0.3, -0.25) is 4.79 Å². The molecule has 19 heavy (non-hydrogen) atoms. The zero-order valence-corrected chi connectivity index (χ0v) is 11.0. The van der Waals surface area contributed by atoms with Crippen molar-refractivity contribution in [1.82, 2.24) is 10.2 Å². The lowest BCUT2D eigenvalue weighted by Crippen LogP contribution is -2.46. The van der Waals surface area contributed by atoms with Crippen molar-refractivity contribution >= 4 is 12.0 Å². The van der Waals surface area contributed by atoms with Crippen LogP contribution in [0.3, 0.4) is 0 Å². The number of carbonyl (C=O) groups is 2. The van der Waals surface area contributed by atoms with E-state index in [0.29, 0.717) is 25.4 Å². The van der Waals surface area contributed by atoms with E-state index in [2.05, 4.69) is 5.32 Å². The van der Waals surface area contributed by atoms with Gasteiger partial charge >= 0.3 is 12.0 Å². The zero-order valence-electron chi connectivity index (χ0n) is 11.0. The van der Waals surface area contributed by atoms with E-state index >= 15 is 0 Å². The molecule has 108 valence electrons. The summed E-state index contributed by atoms with van der Waals surface area (Å²) in [5.74, 6) is -0.892. The molecule has 3 unspecified atom stereocenters. The van der Waals surface area contributed by atoms with Crippen molar-refractivity contribution < 1.29 is 19.8 Å². The Morgan fingerprint density at radius 3 is 2.74 bits per heavy atom. The first-order valence-electron chi connectivity index (χ1n) is 7.01. The summed E-state index contributed by atoms with van der Waals surface area (Å²) in [4.78, 5) is 24.9. The summed E-state index contributed by atoms with van der Waals surface area (Å²) in [7, 11) is 0. The lowest BCUT2D eigenvalue weighted by Gasteiger charge is -2.23. The molecule has 1 aliphatic heterocycles. The summed E-state index contributed by atoms with van der Waals surface area (Å²) in [6, 6.07) is -0.388. The van der Waals surface area contributed by atoms with Crippen LogP contribution in [-0.4, -0.2) is 52.9 Å². The van der Waals surface area contributed by atoms with Gasteiger partial charge in [0.1, 0.15) is 0 Å². The van der Waals surface area contributed by atoms with Crippen LogP contribution in [0, 0.1) is 11.8 Å². The van der Waals surface area contributed by atoms with Gasteiger partial charge in [0, 0.05) is 25.7 Å². The number of likely N-dealkylation sites (tertiary alicyclic amines) is 1. The SMILES string of the molecule is O=C(O)C1CCCC1NC(=O)N1CCC(CCO)C1. The Morgan fingerprint density at radius 1 is 1.26 bits per heavy atom. The third-order valence-corrected chi connectivity index (χ3v) is 4.25. The van der Waals surface area contributed by atoms with Crippen LogP contribution in [0.15, 0.2) is 0 Å². The van der Waals surface area contributed by atoms with Crippen molar-refractivity contribution in [2.75, 3.05) is 19.7 Å². The van der Waals surface area contributed by atoms with Crippen molar-refractivity contribution in [1.29, 1.82) is 0 Å². The highest BCUT2D eigenvalue weighted by Gasteiger charge is 2.35. The molecule has 3 N–H and O–H groups in total. The average molecular weight is 270 g/mol. The molecule has 6 heteroatoms. The second-order valence-electron chi connectivity index (χ2n) is 5.54. The lowest BCUT2D eigenvalue weighted by atomic mass is 10.0. The number of amides is 2. The molecular formula is C13H22N2O4. The summed E-state index contributed by atoms with van der Waals surface area (Å²) in [6.45, 7) is 1.52. The second kappa shape index (κ2) is 6.23. The molecular weight excluding hydrogens is 248 g/mol. The summed E-state index contributed by atoms with van der Waals surface area (Å²) >= 11 is 0. The number of aliphatic hydroxyl groups excluding tert-OH is 1. The third-order valence-electron chi connectivity index (χ3n) is 4.25. The number of aliphatic hydroxyl groups is 1. The van der Waals surface area contributed by atoms with E-state index in [1.807, 2.05) is 0 Å². The molecule has 1 aliphatic carbocycles. The Labute approximate surface area is 112 Å². The number of hydrogen-bond acceptors (Lipinski definition) is 3. The maximum atomic E-state index is 12.1. The fourth-order valence-electron chi connectivity index (χ4n) is 3.11. The van der Waals surface area contributed by atoms with Crippen molar-refractivity contribution in [3.63, 3.8) is 0 Å². The zero-order chi connectivity index (χ0) is 13.8. The second-order valence-corrected chi connectivity index (χ2v) is 5.54. The van der Waals surface area contributed by atoms with Crippen LogP contribution in [0.5, 0.6) is 0 Å². The minimum atomic E-state index is -0.817. The number of carboxylic acid groups (broad SMARTS) is 1. The molecule has 3 atom stereocenters. The number of carbonyl (C=O) groups excluding carboxylic acids is 1. The molecule has 0 spiro atoms. The summed E-state index contributed by atoms with van der Waals surface area (Å²) in [5.41, 5.74) is 0. The topological polar surface area (TPSA) is 89.9 Å². The average Bonchev–Trinajstić information content (AvgIpc) is 2.98. The van der Waals surface area contributed by atoms with E-state index in [9.17, 15) is 9.59 Å². The van der Waals surface area contributed by atoms with Gasteiger partial charge in [0.25, 0.3) is 0 Å². The first-order valence-corrected chi connectivity index (χ1v) is 7.01. The first-order chi connectivity index (χ1) is 9.11. The van der Waals surface area contributed by atoms with Crippen molar-refractivity contribution in [2.45, 2.75) is 38.1 Å². The minimum Gasteiger partial charge on any atom is -0.481 e. The van der Waals surface area contributed by atoms with Gasteiger partial charge in [0.2, 0.25) is 0 Å². The number of aliphatic carboxylic acids is 1. The highest BCUT2D eigenvalue weighted by Crippen LogP contribution is 2.26. The summed E-state index contributed by atoms with van der Waals surface area (Å²) in [5, 5.41) is 20.8. The molecule has 6 nitrogen and oxygen atoms in total. The van der Waals surface area contributed by atoms with E-state index in [1.165, 1.54) is 0 Å². The van der Waals surface area contributed by atoms with Gasteiger partial charge in [0.05, 0.1) is 5.92 Å². The first kappa shape index (κ1) is 14.1. The predicted octanol–water partition coefficient (Wildman–Crippen LogP) is 0.654. The van der Waals surface area contributed by atoms with Gasteiger partial charge in [-0.05, 0) is 31.6 Å². The standard InChI is InChI=1S/C13H22N2O4/c16-7-5-9-4-6-15(8-9)13(19)14-11-3-1-2-10(11)12(17)18/h9-11,16H,1-8H2,(H,14,19)(H,17,18). The summed E-state index contributed by atoms with van der Waals surface area (Å²) < 4.78 is 0. The van der Waals surface area contributed by atoms with Crippen molar-refractivity contribution in [3.8, 4) is 0 Å². The smallest absolute Gasteiger partial charge is 0.317 e. The molecule has 2 fully saturated rings. The van der Waals surface area contributed by atoms with E-state index in [0.717, 1.165) is 25.7 Å². The number of hydrogen-bond donors (Lipinski definition) is 3. The molecule has 2 amide bonds. The van der Waals surface area contributed by atoms with Gasteiger partial charge in [-0.1, -0.05) is 6.42 Å². The maximum absolute atomic E-state index is 12.1. The number of urea groups is 1. The molecule has 2 rings (SSSR count). The molecule has 1 heterocycles. The van der Waals surface area contributed by atoms with E-state index < -0.39 is 11.9 Å². The van der Waals surface area contributed by atoms with E-state index in [4.69, 9.17) is 10.2 Å². The fraction of sp³-hybridized carbons (Fsp3) is 0.846. The minimum absolute atomic E-state index is 0.154. The molecule has 1 saturated heterocycles. The Hall–Kier alpha value is -1.30. The van der Waals surface area contributed by atoms with Crippen LogP contribution >= 0.6 is 0 Å². The van der Waals surface area contributed by atoms with E-state index in [-0.39, 0.29) is 18.7 Å². The summed E-state index contributed by atoms with van der Waals surface area (Å²) in [6.07, 6.45) is 3.89. The Kier molecular flexibility index (Phi) is 4.63. The quantitative estimate of drug-likeness (QED) is 0.700. The van der Waals surface area contributed by atoms with Crippen LogP contribution in [0.1, 0.15) is 32.1 Å². The van der Waals surface area contributed by atoms with Gasteiger partial charge < -0.3 is 20.4 Å². The van der Waals surface area contributed by atoms with Gasteiger partial charge in [-0.25, -0.2) is 4.79 Å². The molecule has 0 bridgehead atoms. The third kappa shape index (κ3) is 3.37. The predicted molar refractivity (Wildman–Crippen MR) is 68.7 cm³/mol. The highest BCUT2D eigenvalue weighted by atomic mass is 16.4. The monoisotopic (exact) mass is 270 g/mol. The van der Waals surface area contributed by atoms with Crippen LogP contribution < -0.4 is 5.32 Å². The Morgan fingerprint density at radius 2 is 2.05 bits per heavy atom.